The zero-order chi connectivity index (χ0) is 17.5. The van der Waals surface area contributed by atoms with Crippen LogP contribution < -0.4 is 5.32 Å². The molecule has 0 atom stereocenters. The van der Waals surface area contributed by atoms with Gasteiger partial charge < -0.3 is 9.84 Å². The second-order valence-electron chi connectivity index (χ2n) is 5.71. The number of nitrogens with one attached hydrogen (secondary N) is 1. The summed E-state index contributed by atoms with van der Waals surface area (Å²) in [6.45, 7) is 4.30. The summed E-state index contributed by atoms with van der Waals surface area (Å²) in [5, 5.41) is 9.09. The van der Waals surface area contributed by atoms with Crippen LogP contribution in [0.2, 0.25) is 0 Å². The van der Waals surface area contributed by atoms with Crippen molar-refractivity contribution in [1.82, 2.24) is 15.4 Å². The smallest absolute Gasteiger partial charge is 0.234 e. The van der Waals surface area contributed by atoms with Gasteiger partial charge in [-0.05, 0) is 18.0 Å². The highest BCUT2D eigenvalue weighted by Crippen LogP contribution is 2.20. The zero-order valence-electron chi connectivity index (χ0n) is 14.1. The molecular weight excluding hydrogens is 334 g/mol. The Morgan fingerprint density at radius 3 is 2.80 bits per heavy atom. The van der Waals surface area contributed by atoms with Gasteiger partial charge in [0.2, 0.25) is 5.91 Å². The molecule has 0 aliphatic heterocycles. The van der Waals surface area contributed by atoms with E-state index >= 15 is 0 Å². The fraction of sp³-hybridized carbons (Fsp3) is 0.263. The van der Waals surface area contributed by atoms with Gasteiger partial charge in [0, 0.05) is 23.1 Å². The number of aromatic nitrogens is 1. The summed E-state index contributed by atoms with van der Waals surface area (Å²) in [7, 11) is 0. The molecule has 130 valence electrons. The first-order valence-corrected chi connectivity index (χ1v) is 9.15. The Hall–Kier alpha value is -2.44. The number of likely N-dealkylation sites (N-methyl/N-ethyl adjacent to an activating group) is 1. The highest BCUT2D eigenvalue weighted by molar-refractivity contribution is 7.09. The molecule has 0 unspecified atom stereocenters. The van der Waals surface area contributed by atoms with E-state index in [2.05, 4.69) is 10.5 Å². The second-order valence-corrected chi connectivity index (χ2v) is 6.74. The standard InChI is InChI=1S/C19H21N3O2S/c1-2-22(14-19(23)20-12-17-9-6-10-25-17)13-16-11-18(24-21-16)15-7-4-3-5-8-15/h3-11H,2,12-14H2,1H3,(H,20,23). The Labute approximate surface area is 151 Å². The Morgan fingerprint density at radius 2 is 2.08 bits per heavy atom. The number of benzene rings is 1. The van der Waals surface area contributed by atoms with Crippen LogP contribution in [0.1, 0.15) is 17.5 Å². The van der Waals surface area contributed by atoms with E-state index in [4.69, 9.17) is 4.52 Å². The van der Waals surface area contributed by atoms with Gasteiger partial charge in [-0.25, -0.2) is 0 Å². The first-order chi connectivity index (χ1) is 12.2. The summed E-state index contributed by atoms with van der Waals surface area (Å²) < 4.78 is 5.42. The van der Waals surface area contributed by atoms with Crippen LogP contribution in [-0.2, 0) is 17.9 Å². The van der Waals surface area contributed by atoms with Crippen LogP contribution in [0.3, 0.4) is 0 Å². The topological polar surface area (TPSA) is 58.4 Å². The first kappa shape index (κ1) is 17.4. The molecule has 6 heteroatoms. The number of hydrogen-bond acceptors (Lipinski definition) is 5. The summed E-state index contributed by atoms with van der Waals surface area (Å²) in [5.41, 5.74) is 1.82. The Balaban J connectivity index is 1.53. The summed E-state index contributed by atoms with van der Waals surface area (Å²) in [5.74, 6) is 0.760. The molecule has 1 amide bonds. The van der Waals surface area contributed by atoms with E-state index in [9.17, 15) is 4.79 Å². The van der Waals surface area contributed by atoms with Gasteiger partial charge in [0.25, 0.3) is 0 Å². The SMILES string of the molecule is CCN(CC(=O)NCc1cccs1)Cc1cc(-c2ccccc2)on1. The monoisotopic (exact) mass is 355 g/mol. The van der Waals surface area contributed by atoms with Gasteiger partial charge in [-0.2, -0.15) is 0 Å². The fourth-order valence-corrected chi connectivity index (χ4v) is 3.14. The predicted octanol–water partition coefficient (Wildman–Crippen LogP) is 3.54. The van der Waals surface area contributed by atoms with E-state index in [0.29, 0.717) is 19.6 Å². The minimum absolute atomic E-state index is 0.0158. The maximum atomic E-state index is 12.1. The largest absolute Gasteiger partial charge is 0.356 e. The van der Waals surface area contributed by atoms with Crippen LogP contribution in [0.4, 0.5) is 0 Å². The average Bonchev–Trinajstić information content (AvgIpc) is 3.32. The number of thiophene rings is 1. The average molecular weight is 355 g/mol. The van der Waals surface area contributed by atoms with Gasteiger partial charge >= 0.3 is 0 Å². The molecule has 0 aliphatic carbocycles. The predicted molar refractivity (Wildman–Crippen MR) is 99.1 cm³/mol. The molecule has 0 aliphatic rings. The van der Waals surface area contributed by atoms with Crippen molar-refractivity contribution in [3.8, 4) is 11.3 Å². The third-order valence-corrected chi connectivity index (χ3v) is 4.73. The molecule has 3 aromatic rings. The maximum absolute atomic E-state index is 12.1. The molecule has 2 heterocycles. The van der Waals surface area contributed by atoms with Gasteiger partial charge in [-0.1, -0.05) is 48.5 Å². The van der Waals surface area contributed by atoms with Crippen LogP contribution >= 0.6 is 11.3 Å². The molecule has 0 radical (unpaired) electrons. The maximum Gasteiger partial charge on any atom is 0.234 e. The van der Waals surface area contributed by atoms with Crippen molar-refractivity contribution in [1.29, 1.82) is 0 Å². The second kappa shape index (κ2) is 8.60. The van der Waals surface area contributed by atoms with Crippen molar-refractivity contribution in [2.24, 2.45) is 0 Å². The van der Waals surface area contributed by atoms with E-state index < -0.39 is 0 Å². The lowest BCUT2D eigenvalue weighted by Crippen LogP contribution is -2.36. The Kier molecular flexibility index (Phi) is 5.98. The number of nitrogens with zero attached hydrogens (tertiary/aromatic N) is 2. The first-order valence-electron chi connectivity index (χ1n) is 8.27. The molecule has 0 spiro atoms. The molecule has 0 saturated heterocycles. The summed E-state index contributed by atoms with van der Waals surface area (Å²) in [6, 6.07) is 15.8. The highest BCUT2D eigenvalue weighted by Gasteiger charge is 2.13. The van der Waals surface area contributed by atoms with E-state index in [1.807, 2.05) is 65.7 Å². The van der Waals surface area contributed by atoms with Gasteiger partial charge in [-0.3, -0.25) is 9.69 Å². The lowest BCUT2D eigenvalue weighted by atomic mass is 10.1. The normalized spacial score (nSPS) is 11.0. The minimum atomic E-state index is 0.0158. The highest BCUT2D eigenvalue weighted by atomic mass is 32.1. The molecule has 0 fully saturated rings. The number of carbonyl (C=O) groups is 1. The van der Waals surface area contributed by atoms with E-state index in [1.54, 1.807) is 11.3 Å². The Bertz CT molecular complexity index is 784. The molecular formula is C19H21N3O2S. The zero-order valence-corrected chi connectivity index (χ0v) is 15.0. The van der Waals surface area contributed by atoms with Crippen molar-refractivity contribution >= 4 is 17.2 Å². The van der Waals surface area contributed by atoms with Crippen molar-refractivity contribution in [2.75, 3.05) is 13.1 Å². The molecule has 0 bridgehead atoms. The quantitative estimate of drug-likeness (QED) is 0.671. The lowest BCUT2D eigenvalue weighted by molar-refractivity contribution is -0.122. The van der Waals surface area contributed by atoms with Crippen molar-refractivity contribution in [2.45, 2.75) is 20.0 Å². The molecule has 0 saturated carbocycles. The van der Waals surface area contributed by atoms with Crippen LogP contribution in [-0.4, -0.2) is 29.1 Å². The van der Waals surface area contributed by atoms with Crippen molar-refractivity contribution in [3.05, 3.63) is 64.5 Å². The summed E-state index contributed by atoms with van der Waals surface area (Å²) in [6.07, 6.45) is 0. The molecule has 5 nitrogen and oxygen atoms in total. The van der Waals surface area contributed by atoms with Crippen molar-refractivity contribution < 1.29 is 9.32 Å². The molecule has 3 rings (SSSR count). The van der Waals surface area contributed by atoms with Crippen LogP contribution in [0.15, 0.2) is 58.4 Å². The summed E-state index contributed by atoms with van der Waals surface area (Å²) in [4.78, 5) is 15.3. The van der Waals surface area contributed by atoms with Gasteiger partial charge in [0.1, 0.15) is 0 Å². The van der Waals surface area contributed by atoms with E-state index in [-0.39, 0.29) is 5.91 Å². The molecule has 2 aromatic heterocycles. The van der Waals surface area contributed by atoms with Crippen molar-refractivity contribution in [3.63, 3.8) is 0 Å². The third kappa shape index (κ3) is 5.01. The van der Waals surface area contributed by atoms with E-state index in [0.717, 1.165) is 28.4 Å². The number of amides is 1. The fourth-order valence-electron chi connectivity index (χ4n) is 2.49. The molecule has 1 aromatic carbocycles. The molecule has 1 N–H and O–H groups in total. The Morgan fingerprint density at radius 1 is 1.24 bits per heavy atom. The van der Waals surface area contributed by atoms with Crippen LogP contribution in [0.25, 0.3) is 11.3 Å². The van der Waals surface area contributed by atoms with Crippen LogP contribution in [0.5, 0.6) is 0 Å². The van der Waals surface area contributed by atoms with E-state index in [1.165, 1.54) is 0 Å². The van der Waals surface area contributed by atoms with Crippen LogP contribution in [0, 0.1) is 0 Å². The van der Waals surface area contributed by atoms with Gasteiger partial charge in [0.15, 0.2) is 5.76 Å². The third-order valence-electron chi connectivity index (χ3n) is 3.86. The minimum Gasteiger partial charge on any atom is -0.356 e. The van der Waals surface area contributed by atoms with Gasteiger partial charge in [0.05, 0.1) is 18.8 Å². The molecule has 25 heavy (non-hydrogen) atoms. The number of rotatable bonds is 8. The number of carbonyl (C=O) groups excluding carboxylic acids is 1. The summed E-state index contributed by atoms with van der Waals surface area (Å²) >= 11 is 1.64. The lowest BCUT2D eigenvalue weighted by Gasteiger charge is -2.18. The van der Waals surface area contributed by atoms with Gasteiger partial charge in [-0.15, -0.1) is 11.3 Å². The number of hydrogen-bond donors (Lipinski definition) is 1.